The number of aryl methyl sites for hydroxylation is 1. The molecule has 37 heavy (non-hydrogen) atoms. The number of fused-ring (bicyclic) bond motifs is 2. The Morgan fingerprint density at radius 1 is 1.22 bits per heavy atom. The quantitative estimate of drug-likeness (QED) is 0.492. The highest BCUT2D eigenvalue weighted by molar-refractivity contribution is 6.00. The zero-order chi connectivity index (χ0) is 26.4. The number of nitrogens with zero attached hydrogens (tertiary/aromatic N) is 1. The smallest absolute Gasteiger partial charge is 0.251 e. The van der Waals surface area contributed by atoms with Crippen LogP contribution in [-0.2, 0) is 11.2 Å². The van der Waals surface area contributed by atoms with Gasteiger partial charge in [0, 0.05) is 16.7 Å². The Labute approximate surface area is 217 Å². The van der Waals surface area contributed by atoms with Crippen LogP contribution in [0, 0.1) is 5.41 Å². The fourth-order valence-electron chi connectivity index (χ4n) is 5.99. The number of aliphatic hydroxyl groups is 1. The number of carbonyl (C=O) groups is 2. The maximum atomic E-state index is 13.5. The highest BCUT2D eigenvalue weighted by Gasteiger charge is 2.43. The molecular formula is C29H36N4O4. The van der Waals surface area contributed by atoms with E-state index in [-0.39, 0.29) is 36.0 Å². The molecule has 1 aliphatic carbocycles. The van der Waals surface area contributed by atoms with Gasteiger partial charge in [-0.2, -0.15) is 0 Å². The van der Waals surface area contributed by atoms with E-state index < -0.39 is 11.6 Å². The fourth-order valence-corrected chi connectivity index (χ4v) is 5.99. The molecule has 2 heterocycles. The molecule has 0 spiro atoms. The standard InChI is InChI=1S/C29H36N4O4/c1-4-29(5-2)16-24(34)33(27(30)32-29)22-11-8-9-18-13-14-19(15-21(18)22)26(35)31-25-20-10-6-7-12-23(20)37-17-28(25,3)36/h6-7,10,12-15,22,25,36H,4-5,8-9,11,16-17H2,1-3H3,(H2,30,32)(H,31,35)/t22-,25-,28-/m1/s1. The second-order valence-corrected chi connectivity index (χ2v) is 10.8. The minimum atomic E-state index is -1.27. The van der Waals surface area contributed by atoms with Crippen LogP contribution in [0.25, 0.3) is 0 Å². The summed E-state index contributed by atoms with van der Waals surface area (Å²) in [4.78, 5) is 28.4. The molecule has 196 valence electrons. The molecule has 0 aromatic heterocycles. The molecule has 4 N–H and O–H groups in total. The van der Waals surface area contributed by atoms with Crippen LogP contribution in [-0.4, -0.2) is 45.5 Å². The van der Waals surface area contributed by atoms with Crippen molar-refractivity contribution in [2.75, 3.05) is 6.61 Å². The van der Waals surface area contributed by atoms with E-state index in [2.05, 4.69) is 10.6 Å². The van der Waals surface area contributed by atoms with Gasteiger partial charge in [0.05, 0.1) is 18.5 Å². The van der Waals surface area contributed by atoms with Crippen LogP contribution >= 0.6 is 0 Å². The first kappa shape index (κ1) is 25.3. The first-order valence-electron chi connectivity index (χ1n) is 13.2. The molecule has 2 aliphatic heterocycles. The number of ether oxygens (including phenoxy) is 1. The predicted octanol–water partition coefficient (Wildman–Crippen LogP) is 3.99. The molecule has 1 saturated heterocycles. The van der Waals surface area contributed by atoms with Crippen molar-refractivity contribution < 1.29 is 19.4 Å². The summed E-state index contributed by atoms with van der Waals surface area (Å²) in [5, 5.41) is 26.1. The summed E-state index contributed by atoms with van der Waals surface area (Å²) < 4.78 is 5.70. The lowest BCUT2D eigenvalue weighted by atomic mass is 9.82. The predicted molar refractivity (Wildman–Crippen MR) is 141 cm³/mol. The van der Waals surface area contributed by atoms with Crippen molar-refractivity contribution in [3.8, 4) is 5.75 Å². The molecule has 0 unspecified atom stereocenters. The van der Waals surface area contributed by atoms with E-state index in [9.17, 15) is 14.7 Å². The molecule has 2 aromatic rings. The first-order valence-corrected chi connectivity index (χ1v) is 13.2. The summed E-state index contributed by atoms with van der Waals surface area (Å²) in [6.45, 7) is 5.82. The maximum absolute atomic E-state index is 13.5. The van der Waals surface area contributed by atoms with Crippen molar-refractivity contribution in [3.05, 3.63) is 64.7 Å². The van der Waals surface area contributed by atoms with Gasteiger partial charge in [0.15, 0.2) is 5.96 Å². The van der Waals surface area contributed by atoms with Gasteiger partial charge < -0.3 is 20.5 Å². The van der Waals surface area contributed by atoms with Gasteiger partial charge in [0.2, 0.25) is 5.91 Å². The lowest BCUT2D eigenvalue weighted by molar-refractivity contribution is -0.133. The van der Waals surface area contributed by atoms with Crippen molar-refractivity contribution in [3.63, 3.8) is 0 Å². The van der Waals surface area contributed by atoms with E-state index in [1.165, 1.54) is 0 Å². The van der Waals surface area contributed by atoms with Crippen molar-refractivity contribution in [2.45, 2.75) is 82.5 Å². The molecule has 0 radical (unpaired) electrons. The minimum Gasteiger partial charge on any atom is -0.490 e. The Morgan fingerprint density at radius 2 is 1.97 bits per heavy atom. The highest BCUT2D eigenvalue weighted by Crippen LogP contribution is 2.40. The molecule has 8 nitrogen and oxygen atoms in total. The minimum absolute atomic E-state index is 0.0463. The number of rotatable bonds is 5. The van der Waals surface area contributed by atoms with Crippen molar-refractivity contribution >= 4 is 17.8 Å². The summed E-state index contributed by atoms with van der Waals surface area (Å²) in [5.41, 5.74) is 1.56. The summed E-state index contributed by atoms with van der Waals surface area (Å²) in [6, 6.07) is 12.1. The van der Waals surface area contributed by atoms with E-state index in [0.717, 1.165) is 48.8 Å². The normalized spacial score (nSPS) is 26.4. The monoisotopic (exact) mass is 504 g/mol. The zero-order valence-electron chi connectivity index (χ0n) is 21.8. The van der Waals surface area contributed by atoms with E-state index in [1.807, 2.05) is 50.2 Å². The summed E-state index contributed by atoms with van der Waals surface area (Å²) in [6.07, 6.45) is 4.42. The topological polar surface area (TPSA) is 115 Å². The Hall–Kier alpha value is -3.39. The summed E-state index contributed by atoms with van der Waals surface area (Å²) in [7, 11) is 0. The summed E-state index contributed by atoms with van der Waals surface area (Å²) in [5.74, 6) is 0.440. The SMILES string of the molecule is CCC1(CC)CC(=O)N([C@@H]2CCCc3ccc(C(=O)N[C@@H]4c5ccccc5OC[C@@]4(C)O)cc32)C(=N)N1. The van der Waals surface area contributed by atoms with Crippen LogP contribution < -0.4 is 15.4 Å². The van der Waals surface area contributed by atoms with Crippen LogP contribution in [0.2, 0.25) is 0 Å². The second-order valence-electron chi connectivity index (χ2n) is 10.8. The number of hydrogen-bond donors (Lipinski definition) is 4. The van der Waals surface area contributed by atoms with Crippen LogP contribution in [0.3, 0.4) is 0 Å². The van der Waals surface area contributed by atoms with Crippen LogP contribution in [0.5, 0.6) is 5.75 Å². The molecule has 3 aliphatic rings. The summed E-state index contributed by atoms with van der Waals surface area (Å²) >= 11 is 0. The number of amides is 2. The molecule has 2 amide bonds. The van der Waals surface area contributed by atoms with Crippen LogP contribution in [0.1, 0.15) is 92.0 Å². The second kappa shape index (κ2) is 9.49. The molecule has 5 rings (SSSR count). The number of nitrogens with one attached hydrogen (secondary N) is 3. The van der Waals surface area contributed by atoms with Gasteiger partial charge >= 0.3 is 0 Å². The van der Waals surface area contributed by atoms with Crippen LogP contribution in [0.15, 0.2) is 42.5 Å². The van der Waals surface area contributed by atoms with E-state index in [4.69, 9.17) is 10.1 Å². The van der Waals surface area contributed by atoms with Crippen molar-refractivity contribution in [1.29, 1.82) is 5.41 Å². The molecule has 0 saturated carbocycles. The van der Waals surface area contributed by atoms with E-state index in [1.54, 1.807) is 17.9 Å². The molecule has 2 aromatic carbocycles. The van der Waals surface area contributed by atoms with Crippen molar-refractivity contribution in [2.24, 2.45) is 0 Å². The lowest BCUT2D eigenvalue weighted by Gasteiger charge is -2.46. The third-order valence-corrected chi connectivity index (χ3v) is 8.39. The van der Waals surface area contributed by atoms with E-state index >= 15 is 0 Å². The lowest BCUT2D eigenvalue weighted by Crippen LogP contribution is -2.62. The highest BCUT2D eigenvalue weighted by atomic mass is 16.5. The average molecular weight is 505 g/mol. The number of carbonyl (C=O) groups excluding carboxylic acids is 2. The van der Waals surface area contributed by atoms with Gasteiger partial charge in [0.1, 0.15) is 18.0 Å². The average Bonchev–Trinajstić information content (AvgIpc) is 2.89. The molecule has 3 atom stereocenters. The van der Waals surface area contributed by atoms with Crippen molar-refractivity contribution in [1.82, 2.24) is 15.5 Å². The van der Waals surface area contributed by atoms with Gasteiger partial charge in [-0.05, 0) is 68.4 Å². The zero-order valence-corrected chi connectivity index (χ0v) is 21.8. The number of guanidine groups is 1. The molecular weight excluding hydrogens is 468 g/mol. The van der Waals surface area contributed by atoms with Gasteiger partial charge in [-0.15, -0.1) is 0 Å². The number of hydrogen-bond acceptors (Lipinski definition) is 5. The van der Waals surface area contributed by atoms with Gasteiger partial charge in [-0.3, -0.25) is 19.9 Å². The Morgan fingerprint density at radius 3 is 2.70 bits per heavy atom. The van der Waals surface area contributed by atoms with Gasteiger partial charge in [0.25, 0.3) is 5.91 Å². The molecule has 1 fully saturated rings. The molecule has 8 heteroatoms. The third kappa shape index (κ3) is 4.48. The number of para-hydroxylation sites is 1. The maximum Gasteiger partial charge on any atom is 0.251 e. The largest absolute Gasteiger partial charge is 0.490 e. The Balaban J connectivity index is 1.43. The van der Waals surface area contributed by atoms with Gasteiger partial charge in [-0.1, -0.05) is 38.1 Å². The van der Waals surface area contributed by atoms with E-state index in [0.29, 0.717) is 17.7 Å². The van der Waals surface area contributed by atoms with Gasteiger partial charge in [-0.25, -0.2) is 0 Å². The Bertz CT molecular complexity index is 1220. The molecule has 0 bridgehead atoms. The third-order valence-electron chi connectivity index (χ3n) is 8.39. The first-order chi connectivity index (χ1) is 17.7. The number of benzene rings is 2. The van der Waals surface area contributed by atoms with Crippen LogP contribution in [0.4, 0.5) is 0 Å². The Kier molecular flexibility index (Phi) is 6.48. The fraction of sp³-hybridized carbons (Fsp3) is 0.483.